The van der Waals surface area contributed by atoms with Crippen molar-refractivity contribution in [2.75, 3.05) is 7.05 Å². The number of nitrogens with zero attached hydrogens (tertiary/aromatic N) is 1. The van der Waals surface area contributed by atoms with Gasteiger partial charge >= 0.3 is 35.7 Å². The number of hydrogen-bond acceptors (Lipinski definition) is 1. The molecule has 0 aromatic heterocycles. The quantitative estimate of drug-likeness (QED) is 0.601. The molecule has 0 spiro atoms. The minimum atomic E-state index is -0.505. The Morgan fingerprint density at radius 3 is 2.29 bits per heavy atom. The van der Waals surface area contributed by atoms with E-state index in [0.29, 0.717) is 0 Å². The van der Waals surface area contributed by atoms with Gasteiger partial charge in [0.25, 0.3) is 0 Å². The van der Waals surface area contributed by atoms with E-state index in [2.05, 4.69) is 17.9 Å². The van der Waals surface area contributed by atoms with Crippen molar-refractivity contribution in [1.82, 2.24) is 5.32 Å². The van der Waals surface area contributed by atoms with E-state index in [-0.39, 0.29) is 20.4 Å². The second kappa shape index (κ2) is 6.00. The Balaban J connectivity index is 0. The number of amides is 2. The predicted octanol–water partition coefficient (Wildman–Crippen LogP) is -0.325. The van der Waals surface area contributed by atoms with Gasteiger partial charge in [0.2, 0.25) is 0 Å². The minimum absolute atomic E-state index is 0. The molecule has 0 unspecified atom stereocenters. The van der Waals surface area contributed by atoms with E-state index in [9.17, 15) is 4.79 Å². The maximum Gasteiger partial charge on any atom is 0 e. The third kappa shape index (κ3) is 6.00. The van der Waals surface area contributed by atoms with Crippen LogP contribution in [0.3, 0.4) is 0 Å². The van der Waals surface area contributed by atoms with Crippen LogP contribution < -0.4 is 5.32 Å². The van der Waals surface area contributed by atoms with Gasteiger partial charge in [-0.25, -0.2) is 0 Å². The first-order valence-corrected chi connectivity index (χ1v) is 1.44. The van der Waals surface area contributed by atoms with Gasteiger partial charge in [-0.1, -0.05) is 0 Å². The second-order valence-electron chi connectivity index (χ2n) is 0.684. The van der Waals surface area contributed by atoms with E-state index in [4.69, 9.17) is 0 Å². The van der Waals surface area contributed by atoms with Crippen molar-refractivity contribution in [3.05, 3.63) is 0 Å². The summed E-state index contributed by atoms with van der Waals surface area (Å²) in [5.41, 5.74) is 0. The van der Waals surface area contributed by atoms with Crippen LogP contribution in [-0.2, 0) is 20.4 Å². The van der Waals surface area contributed by atoms with Crippen LogP contribution in [0.25, 0.3) is 0 Å². The molecule has 38 valence electrons. The van der Waals surface area contributed by atoms with Crippen LogP contribution in [0.2, 0.25) is 0 Å². The number of rotatable bonds is 0. The number of hydrogen-bond donors (Lipinski definition) is 1. The van der Waals surface area contributed by atoms with Crippen LogP contribution in [0.4, 0.5) is 4.79 Å². The summed E-state index contributed by atoms with van der Waals surface area (Å²) >= 11 is 0. The molecule has 0 heterocycles. The van der Waals surface area contributed by atoms with Crippen molar-refractivity contribution in [3.8, 4) is 0 Å². The molecular weight excluding hydrogens is 265 g/mol. The first kappa shape index (κ1) is 10.1. The molecular formula is C2H4BN2ORe. The molecule has 0 aliphatic carbocycles. The van der Waals surface area contributed by atoms with Gasteiger partial charge < -0.3 is 0 Å². The molecule has 3 nitrogen and oxygen atoms in total. The fourth-order valence-corrected chi connectivity index (χ4v) is 0.0645. The van der Waals surface area contributed by atoms with Crippen molar-refractivity contribution in [1.29, 1.82) is 0 Å². The van der Waals surface area contributed by atoms with Crippen molar-refractivity contribution in [3.63, 3.8) is 0 Å². The van der Waals surface area contributed by atoms with Crippen molar-refractivity contribution >= 4 is 13.7 Å². The number of carbonyl (C=O) groups excluding carboxylic acids is 1. The van der Waals surface area contributed by atoms with Crippen LogP contribution >= 0.6 is 0 Å². The third-order valence-electron chi connectivity index (χ3n) is 0.331. The summed E-state index contributed by atoms with van der Waals surface area (Å²) in [5.74, 6) is 0. The second-order valence-corrected chi connectivity index (χ2v) is 0.684. The number of urea groups is 1. The van der Waals surface area contributed by atoms with Crippen LogP contribution in [0, 0.1) is 0 Å². The van der Waals surface area contributed by atoms with E-state index >= 15 is 0 Å². The van der Waals surface area contributed by atoms with Gasteiger partial charge in [0.05, 0.1) is 0 Å². The molecule has 0 atom stereocenters. The van der Waals surface area contributed by atoms with Crippen LogP contribution in [-0.4, -0.2) is 20.7 Å². The Bertz CT molecular complexity index is 76.1. The van der Waals surface area contributed by atoms with Gasteiger partial charge in [-0.3, -0.25) is 0 Å². The zero-order valence-corrected chi connectivity index (χ0v) is 6.53. The average molecular weight is 269 g/mol. The molecule has 0 bridgehead atoms. The number of nitrogens with one attached hydrogen (secondary N) is 1. The zero-order valence-electron chi connectivity index (χ0n) is 3.81. The van der Waals surface area contributed by atoms with Crippen LogP contribution in [0.1, 0.15) is 0 Å². The molecule has 0 aliphatic rings. The monoisotopic (exact) mass is 270 g/mol. The molecule has 2 radical (unpaired) electrons. The minimum Gasteiger partial charge on any atom is 0 e. The third-order valence-corrected chi connectivity index (χ3v) is 0.331. The summed E-state index contributed by atoms with van der Waals surface area (Å²) < 4.78 is 0. The average Bonchev–Trinajstić information content (AvgIpc) is 1.65. The van der Waals surface area contributed by atoms with Crippen molar-refractivity contribution in [2.24, 2.45) is 4.90 Å². The normalized spacial score (nSPS) is 5.71. The summed E-state index contributed by atoms with van der Waals surface area (Å²) in [6.07, 6.45) is 0. The molecule has 0 aromatic carbocycles. The Morgan fingerprint density at radius 1 is 1.86 bits per heavy atom. The van der Waals surface area contributed by atoms with Crippen LogP contribution in [0.5, 0.6) is 0 Å². The molecule has 0 aliphatic heterocycles. The van der Waals surface area contributed by atoms with Crippen LogP contribution in [0.15, 0.2) is 4.90 Å². The van der Waals surface area contributed by atoms with Gasteiger partial charge in [0.15, 0.2) is 0 Å². The van der Waals surface area contributed by atoms with Gasteiger partial charge in [-0.2, -0.15) is 0 Å². The summed E-state index contributed by atoms with van der Waals surface area (Å²) in [7, 11) is 5.95. The van der Waals surface area contributed by atoms with Gasteiger partial charge in [-0.15, -0.1) is 0 Å². The topological polar surface area (TPSA) is 41.5 Å². The molecule has 0 saturated heterocycles. The van der Waals surface area contributed by atoms with Crippen molar-refractivity contribution in [2.45, 2.75) is 0 Å². The number of carbonyl (C=O) groups is 1. The summed E-state index contributed by atoms with van der Waals surface area (Å²) in [6.45, 7) is 0. The molecule has 0 aromatic rings. The predicted molar refractivity (Wildman–Crippen MR) is 22.6 cm³/mol. The Labute approximate surface area is 56.6 Å². The van der Waals surface area contributed by atoms with E-state index in [1.807, 2.05) is 0 Å². The Kier molecular flexibility index (Phi) is 8.63. The zero-order chi connectivity index (χ0) is 4.99. The molecule has 7 heavy (non-hydrogen) atoms. The van der Waals surface area contributed by atoms with E-state index in [1.54, 1.807) is 0 Å². The molecule has 0 saturated carbocycles. The van der Waals surface area contributed by atoms with Gasteiger partial charge in [-0.05, 0) is 0 Å². The molecule has 1 N–H and O–H groups in total. The first-order valence-electron chi connectivity index (χ1n) is 1.44. The van der Waals surface area contributed by atoms with E-state index in [0.717, 1.165) is 0 Å². The smallest absolute Gasteiger partial charge is 0 e. The molecule has 5 heteroatoms. The summed E-state index contributed by atoms with van der Waals surface area (Å²) in [4.78, 5) is 12.5. The Morgan fingerprint density at radius 2 is 2.29 bits per heavy atom. The van der Waals surface area contributed by atoms with E-state index in [1.165, 1.54) is 7.05 Å². The fraction of sp³-hybridized carbons (Fsp3) is 0.500. The molecule has 0 fully saturated rings. The standard InChI is InChI=1S/C2H4BN2O.Re/c1-4-2(6)5-3;/h1H3,(H,4,6);. The molecule has 0 rings (SSSR count). The van der Waals surface area contributed by atoms with Gasteiger partial charge in [0, 0.05) is 20.4 Å². The van der Waals surface area contributed by atoms with Gasteiger partial charge in [0.1, 0.15) is 0 Å². The van der Waals surface area contributed by atoms with Crippen molar-refractivity contribution < 1.29 is 25.2 Å². The maximum atomic E-state index is 9.78. The summed E-state index contributed by atoms with van der Waals surface area (Å²) in [6, 6.07) is -0.505. The molecule has 2 amide bonds. The first-order chi connectivity index (χ1) is 2.81. The largest absolute Gasteiger partial charge is 0 e. The fourth-order valence-electron chi connectivity index (χ4n) is 0.0645. The SMILES string of the molecule is [B]=NC(=O)NC.[Re]. The summed E-state index contributed by atoms with van der Waals surface area (Å²) in [5, 5.41) is 2.18. The maximum absolute atomic E-state index is 9.78. The Hall–Kier alpha value is -0.00273. The van der Waals surface area contributed by atoms with E-state index < -0.39 is 6.03 Å².